The monoisotopic (exact) mass is 262 g/mol. The third kappa shape index (κ3) is 4.24. The molecular weight excluding hydrogens is 240 g/mol. The Hall–Kier alpha value is -1.55. The van der Waals surface area contributed by atoms with Crippen LogP contribution in [0, 0.1) is 0 Å². The highest BCUT2D eigenvalue weighted by atomic mass is 16.5. The fourth-order valence-corrected chi connectivity index (χ4v) is 2.57. The van der Waals surface area contributed by atoms with E-state index in [0.717, 1.165) is 18.4 Å². The molecular formula is C15H22N2O2. The summed E-state index contributed by atoms with van der Waals surface area (Å²) in [6.07, 6.45) is 4.20. The summed E-state index contributed by atoms with van der Waals surface area (Å²) in [6.45, 7) is 0.323. The molecule has 0 heterocycles. The first kappa shape index (κ1) is 13.9. The summed E-state index contributed by atoms with van der Waals surface area (Å²) in [7, 11) is 1.94. The van der Waals surface area contributed by atoms with Gasteiger partial charge in [0, 0.05) is 12.1 Å². The molecule has 1 saturated carbocycles. The van der Waals surface area contributed by atoms with Gasteiger partial charge in [-0.05, 0) is 25.5 Å². The number of hydrogen-bond acceptors (Lipinski definition) is 3. The van der Waals surface area contributed by atoms with Gasteiger partial charge in [-0.1, -0.05) is 43.2 Å². The van der Waals surface area contributed by atoms with Crippen molar-refractivity contribution < 1.29 is 9.53 Å². The SMILES string of the molecule is CN[C@H]1CCCC[C@H]1NC(=O)OCc1ccccc1. The average molecular weight is 262 g/mol. The zero-order valence-corrected chi connectivity index (χ0v) is 11.4. The van der Waals surface area contributed by atoms with Crippen LogP contribution in [0.2, 0.25) is 0 Å². The predicted molar refractivity (Wildman–Crippen MR) is 74.9 cm³/mol. The summed E-state index contributed by atoms with van der Waals surface area (Å²) in [4.78, 5) is 11.8. The smallest absolute Gasteiger partial charge is 0.407 e. The first-order chi connectivity index (χ1) is 9.29. The van der Waals surface area contributed by atoms with Crippen molar-refractivity contribution >= 4 is 6.09 Å². The summed E-state index contributed by atoms with van der Waals surface area (Å²) in [5, 5.41) is 6.23. The Morgan fingerprint density at radius 3 is 2.58 bits per heavy atom. The molecule has 0 saturated heterocycles. The number of likely N-dealkylation sites (N-methyl/N-ethyl adjacent to an activating group) is 1. The van der Waals surface area contributed by atoms with Gasteiger partial charge in [0.15, 0.2) is 0 Å². The molecule has 0 bridgehead atoms. The van der Waals surface area contributed by atoms with Crippen LogP contribution >= 0.6 is 0 Å². The van der Waals surface area contributed by atoms with Gasteiger partial charge in [-0.2, -0.15) is 0 Å². The minimum absolute atomic E-state index is 0.182. The van der Waals surface area contributed by atoms with Crippen LogP contribution in [0.15, 0.2) is 30.3 Å². The van der Waals surface area contributed by atoms with Crippen molar-refractivity contribution in [2.75, 3.05) is 7.05 Å². The third-order valence-corrected chi connectivity index (χ3v) is 3.65. The first-order valence-electron chi connectivity index (χ1n) is 6.94. The lowest BCUT2D eigenvalue weighted by atomic mass is 9.90. The van der Waals surface area contributed by atoms with Crippen LogP contribution in [0.5, 0.6) is 0 Å². The Bertz CT molecular complexity index is 394. The number of amides is 1. The fraction of sp³-hybridized carbons (Fsp3) is 0.533. The molecule has 1 aliphatic carbocycles. The van der Waals surface area contributed by atoms with Gasteiger partial charge in [-0.25, -0.2) is 4.79 Å². The van der Waals surface area contributed by atoms with E-state index >= 15 is 0 Å². The van der Waals surface area contributed by atoms with Gasteiger partial charge in [0.2, 0.25) is 0 Å². The first-order valence-corrected chi connectivity index (χ1v) is 6.94. The zero-order valence-electron chi connectivity index (χ0n) is 11.4. The van der Waals surface area contributed by atoms with Crippen molar-refractivity contribution in [3.63, 3.8) is 0 Å². The number of alkyl carbamates (subject to hydrolysis) is 1. The Labute approximate surface area is 114 Å². The molecule has 1 aliphatic rings. The second-order valence-electron chi connectivity index (χ2n) is 4.99. The molecule has 2 atom stereocenters. The molecule has 4 heteroatoms. The second-order valence-corrected chi connectivity index (χ2v) is 4.99. The van der Waals surface area contributed by atoms with Crippen LogP contribution in [0.25, 0.3) is 0 Å². The molecule has 1 aromatic carbocycles. The van der Waals surface area contributed by atoms with Crippen molar-refractivity contribution in [1.82, 2.24) is 10.6 Å². The number of nitrogens with one attached hydrogen (secondary N) is 2. The fourth-order valence-electron chi connectivity index (χ4n) is 2.57. The lowest BCUT2D eigenvalue weighted by Crippen LogP contribution is -2.50. The Morgan fingerprint density at radius 2 is 1.89 bits per heavy atom. The summed E-state index contributed by atoms with van der Waals surface area (Å²) >= 11 is 0. The number of carbonyl (C=O) groups is 1. The van der Waals surface area contributed by atoms with Crippen LogP contribution < -0.4 is 10.6 Å². The van der Waals surface area contributed by atoms with Gasteiger partial charge in [0.1, 0.15) is 6.61 Å². The van der Waals surface area contributed by atoms with Gasteiger partial charge in [0.05, 0.1) is 0 Å². The lowest BCUT2D eigenvalue weighted by molar-refractivity contribution is 0.130. The van der Waals surface area contributed by atoms with E-state index in [2.05, 4.69) is 10.6 Å². The molecule has 0 spiro atoms. The summed E-state index contributed by atoms with van der Waals surface area (Å²) in [5.74, 6) is 0. The molecule has 0 aromatic heterocycles. The van der Waals surface area contributed by atoms with Crippen molar-refractivity contribution in [2.24, 2.45) is 0 Å². The van der Waals surface area contributed by atoms with Crippen molar-refractivity contribution in [3.8, 4) is 0 Å². The molecule has 0 radical (unpaired) electrons. The van der Waals surface area contributed by atoms with E-state index in [1.165, 1.54) is 12.8 Å². The maximum absolute atomic E-state index is 11.8. The summed E-state index contributed by atoms with van der Waals surface area (Å²) < 4.78 is 5.25. The van der Waals surface area contributed by atoms with Crippen molar-refractivity contribution in [2.45, 2.75) is 44.4 Å². The van der Waals surface area contributed by atoms with E-state index in [-0.39, 0.29) is 12.1 Å². The molecule has 1 aromatic rings. The zero-order chi connectivity index (χ0) is 13.5. The minimum Gasteiger partial charge on any atom is -0.445 e. The number of carbonyl (C=O) groups excluding carboxylic acids is 1. The Morgan fingerprint density at radius 1 is 1.21 bits per heavy atom. The van der Waals surface area contributed by atoms with Gasteiger partial charge < -0.3 is 15.4 Å². The van der Waals surface area contributed by atoms with E-state index in [9.17, 15) is 4.79 Å². The molecule has 2 N–H and O–H groups in total. The van der Waals surface area contributed by atoms with E-state index in [0.29, 0.717) is 12.6 Å². The number of hydrogen-bond donors (Lipinski definition) is 2. The third-order valence-electron chi connectivity index (χ3n) is 3.65. The molecule has 2 rings (SSSR count). The molecule has 0 unspecified atom stereocenters. The normalized spacial score (nSPS) is 22.8. The maximum Gasteiger partial charge on any atom is 0.407 e. The van der Waals surface area contributed by atoms with Crippen LogP contribution in [0.1, 0.15) is 31.2 Å². The molecule has 0 aliphatic heterocycles. The van der Waals surface area contributed by atoms with Crippen LogP contribution in [0.3, 0.4) is 0 Å². The van der Waals surface area contributed by atoms with Gasteiger partial charge in [0.25, 0.3) is 0 Å². The highest BCUT2D eigenvalue weighted by Gasteiger charge is 2.25. The van der Waals surface area contributed by atoms with E-state index in [1.807, 2.05) is 37.4 Å². The van der Waals surface area contributed by atoms with Gasteiger partial charge in [-0.15, -0.1) is 0 Å². The quantitative estimate of drug-likeness (QED) is 0.876. The lowest BCUT2D eigenvalue weighted by Gasteiger charge is -2.31. The van der Waals surface area contributed by atoms with Crippen LogP contribution in [-0.4, -0.2) is 25.2 Å². The molecule has 4 nitrogen and oxygen atoms in total. The predicted octanol–water partition coefficient (Wildman–Crippen LogP) is 2.44. The number of benzene rings is 1. The highest BCUT2D eigenvalue weighted by molar-refractivity contribution is 5.67. The number of rotatable bonds is 4. The standard InChI is InChI=1S/C15H22N2O2/c1-16-13-9-5-6-10-14(13)17-15(18)19-11-12-7-3-2-4-8-12/h2-4,7-8,13-14,16H,5-6,9-11H2,1H3,(H,17,18)/t13-,14+/m0/s1. The molecule has 104 valence electrons. The van der Waals surface area contributed by atoms with Crippen LogP contribution in [-0.2, 0) is 11.3 Å². The van der Waals surface area contributed by atoms with E-state index in [4.69, 9.17) is 4.74 Å². The maximum atomic E-state index is 11.8. The molecule has 1 amide bonds. The second kappa shape index (κ2) is 7.14. The summed E-state index contributed by atoms with van der Waals surface area (Å²) in [6, 6.07) is 10.3. The average Bonchev–Trinajstić information content (AvgIpc) is 2.47. The topological polar surface area (TPSA) is 50.4 Å². The van der Waals surface area contributed by atoms with E-state index in [1.54, 1.807) is 0 Å². The summed E-state index contributed by atoms with van der Waals surface area (Å²) in [5.41, 5.74) is 1.01. The van der Waals surface area contributed by atoms with Crippen molar-refractivity contribution in [1.29, 1.82) is 0 Å². The molecule has 19 heavy (non-hydrogen) atoms. The van der Waals surface area contributed by atoms with E-state index < -0.39 is 0 Å². The van der Waals surface area contributed by atoms with Crippen LogP contribution in [0.4, 0.5) is 4.79 Å². The highest BCUT2D eigenvalue weighted by Crippen LogP contribution is 2.18. The molecule has 1 fully saturated rings. The van der Waals surface area contributed by atoms with Gasteiger partial charge in [-0.3, -0.25) is 0 Å². The van der Waals surface area contributed by atoms with Crippen molar-refractivity contribution in [3.05, 3.63) is 35.9 Å². The largest absolute Gasteiger partial charge is 0.445 e. The Kier molecular flexibility index (Phi) is 5.21. The van der Waals surface area contributed by atoms with Gasteiger partial charge >= 0.3 is 6.09 Å². The number of ether oxygens (including phenoxy) is 1. The minimum atomic E-state index is -0.323. The Balaban J connectivity index is 1.77.